The number of carbonyl (C=O) groups excluding carboxylic acids is 2. The Kier molecular flexibility index (Phi) is 10.9. The number of carbonyl (C=O) groups is 2. The summed E-state index contributed by atoms with van der Waals surface area (Å²) in [7, 11) is 10.7. The van der Waals surface area contributed by atoms with Gasteiger partial charge in [-0.2, -0.15) is 0 Å². The van der Waals surface area contributed by atoms with Crippen molar-refractivity contribution in [2.24, 2.45) is 0 Å². The maximum absolute atomic E-state index is 14.3. The highest BCUT2D eigenvalue weighted by atomic mass is 32.2. The van der Waals surface area contributed by atoms with E-state index in [1.54, 1.807) is 51.5 Å². The van der Waals surface area contributed by atoms with Crippen molar-refractivity contribution in [3.8, 4) is 40.2 Å². The quantitative estimate of drug-likeness (QED) is 0.294. The molecule has 2 amide bonds. The lowest BCUT2D eigenvalue weighted by Gasteiger charge is -2.30. The number of hydrogen-bond acceptors (Lipinski definition) is 10. The van der Waals surface area contributed by atoms with Crippen LogP contribution in [0.5, 0.6) is 40.2 Å². The molecule has 44 heavy (non-hydrogen) atoms. The van der Waals surface area contributed by atoms with Crippen molar-refractivity contribution in [2.45, 2.75) is 17.8 Å². The zero-order chi connectivity index (χ0) is 31.8. The van der Waals surface area contributed by atoms with Crippen molar-refractivity contribution in [3.05, 3.63) is 65.2 Å². The smallest absolute Gasteiger partial charge is 0.256 e. The first-order chi connectivity index (χ1) is 21.3. The summed E-state index contributed by atoms with van der Waals surface area (Å²) in [5.41, 5.74) is 2.04. The second kappa shape index (κ2) is 14.8. The van der Waals surface area contributed by atoms with Crippen LogP contribution in [0.1, 0.15) is 26.9 Å². The van der Waals surface area contributed by atoms with Gasteiger partial charge in [0.2, 0.25) is 11.7 Å². The summed E-state index contributed by atoms with van der Waals surface area (Å²) >= 11 is 1.49. The largest absolute Gasteiger partial charge is 0.493 e. The predicted octanol–water partition coefficient (Wildman–Crippen LogP) is 4.36. The lowest BCUT2D eigenvalue weighted by molar-refractivity contribution is -0.124. The molecule has 3 aromatic carbocycles. The molecule has 0 spiro atoms. The van der Waals surface area contributed by atoms with Crippen LogP contribution in [-0.2, 0) is 11.2 Å². The molecule has 236 valence electrons. The molecular formula is C32H38N2O9S. The minimum absolute atomic E-state index is 0.262. The second-order valence-electron chi connectivity index (χ2n) is 9.67. The molecule has 1 heterocycles. The van der Waals surface area contributed by atoms with Gasteiger partial charge in [-0.25, -0.2) is 0 Å². The third-order valence-corrected chi connectivity index (χ3v) is 8.63. The molecule has 1 N–H and O–H groups in total. The Hall–Kier alpha value is -4.45. The predicted molar refractivity (Wildman–Crippen MR) is 167 cm³/mol. The Bertz CT molecular complexity index is 1460. The van der Waals surface area contributed by atoms with E-state index in [1.807, 2.05) is 30.3 Å². The number of ether oxygens (including phenoxy) is 7. The van der Waals surface area contributed by atoms with E-state index in [2.05, 4.69) is 5.32 Å². The molecule has 3 aromatic rings. The highest BCUT2D eigenvalue weighted by Gasteiger charge is 2.43. The number of thioether (sulfide) groups is 1. The van der Waals surface area contributed by atoms with Crippen molar-refractivity contribution >= 4 is 23.6 Å². The van der Waals surface area contributed by atoms with E-state index in [-0.39, 0.29) is 17.4 Å². The Morgan fingerprint density at radius 1 is 0.727 bits per heavy atom. The number of hydrogen-bond donors (Lipinski definition) is 1. The Morgan fingerprint density at radius 3 is 1.86 bits per heavy atom. The van der Waals surface area contributed by atoms with Gasteiger partial charge < -0.3 is 43.4 Å². The number of rotatable bonds is 13. The highest BCUT2D eigenvalue weighted by molar-refractivity contribution is 7.99. The molecule has 1 aliphatic rings. The van der Waals surface area contributed by atoms with Crippen molar-refractivity contribution in [3.63, 3.8) is 0 Å². The van der Waals surface area contributed by atoms with Crippen LogP contribution in [0.4, 0.5) is 0 Å². The summed E-state index contributed by atoms with van der Waals surface area (Å²) in [6, 6.07) is 13.5. The standard InChI is InChI=1S/C32H38N2O9S/c1-37-23-10-8-19(14-25(23)39-3)12-13-33-30(35)22-18-44-32(20-9-11-24(38-2)26(15-20)40-4)34(22)31(36)21-16-27(41-5)29(43-7)28(17-21)42-6/h8-11,14-17,22,32H,12-13,18H2,1-7H3,(H,33,35). The molecule has 0 bridgehead atoms. The first-order valence-electron chi connectivity index (χ1n) is 13.8. The van der Waals surface area contributed by atoms with Gasteiger partial charge in [-0.05, 0) is 53.9 Å². The Balaban J connectivity index is 1.64. The lowest BCUT2D eigenvalue weighted by atomic mass is 10.1. The van der Waals surface area contributed by atoms with Crippen LogP contribution in [0.2, 0.25) is 0 Å². The monoisotopic (exact) mass is 626 g/mol. The minimum Gasteiger partial charge on any atom is -0.493 e. The summed E-state index contributed by atoms with van der Waals surface area (Å²) in [6.45, 7) is 0.364. The van der Waals surface area contributed by atoms with E-state index in [0.717, 1.165) is 11.1 Å². The number of benzene rings is 3. The van der Waals surface area contributed by atoms with Crippen molar-refractivity contribution in [1.29, 1.82) is 0 Å². The number of amides is 2. The molecule has 4 rings (SSSR count). The summed E-state index contributed by atoms with van der Waals surface area (Å²) in [5.74, 6) is 3.12. The fraction of sp³-hybridized carbons (Fsp3) is 0.375. The van der Waals surface area contributed by atoms with Crippen LogP contribution in [0.25, 0.3) is 0 Å². The van der Waals surface area contributed by atoms with Crippen LogP contribution >= 0.6 is 11.8 Å². The fourth-order valence-electron chi connectivity index (χ4n) is 5.06. The normalized spacial score (nSPS) is 15.8. The van der Waals surface area contributed by atoms with E-state index in [4.69, 9.17) is 33.2 Å². The molecule has 2 unspecified atom stereocenters. The third kappa shape index (κ3) is 6.70. The Labute approximate surface area is 261 Å². The summed E-state index contributed by atoms with van der Waals surface area (Å²) in [6.07, 6.45) is 0.561. The zero-order valence-electron chi connectivity index (χ0n) is 25.9. The highest BCUT2D eigenvalue weighted by Crippen LogP contribution is 2.46. The molecule has 0 aliphatic carbocycles. The van der Waals surface area contributed by atoms with Gasteiger partial charge >= 0.3 is 0 Å². The number of methoxy groups -OCH3 is 7. The van der Waals surface area contributed by atoms with E-state index >= 15 is 0 Å². The topological polar surface area (TPSA) is 114 Å². The van der Waals surface area contributed by atoms with Gasteiger partial charge in [0, 0.05) is 17.9 Å². The van der Waals surface area contributed by atoms with Gasteiger partial charge in [-0.1, -0.05) is 12.1 Å². The molecular weight excluding hydrogens is 588 g/mol. The summed E-state index contributed by atoms with van der Waals surface area (Å²) in [4.78, 5) is 29.6. The molecule has 0 radical (unpaired) electrons. The minimum atomic E-state index is -0.755. The van der Waals surface area contributed by atoms with Crippen LogP contribution < -0.4 is 38.5 Å². The molecule has 1 fully saturated rings. The molecule has 2 atom stereocenters. The molecule has 1 saturated heterocycles. The fourth-order valence-corrected chi connectivity index (χ4v) is 6.48. The summed E-state index contributed by atoms with van der Waals surface area (Å²) < 4.78 is 38.1. The molecule has 12 heteroatoms. The lowest BCUT2D eigenvalue weighted by Crippen LogP contribution is -2.48. The average Bonchev–Trinajstić information content (AvgIpc) is 3.52. The van der Waals surface area contributed by atoms with Gasteiger partial charge in [0.15, 0.2) is 34.5 Å². The van der Waals surface area contributed by atoms with Gasteiger partial charge in [0.1, 0.15) is 11.4 Å². The van der Waals surface area contributed by atoms with E-state index in [0.29, 0.717) is 59.0 Å². The molecule has 1 aliphatic heterocycles. The first kappa shape index (κ1) is 32.5. The van der Waals surface area contributed by atoms with Crippen LogP contribution in [0.15, 0.2) is 48.5 Å². The second-order valence-corrected chi connectivity index (χ2v) is 10.8. The van der Waals surface area contributed by atoms with Crippen LogP contribution in [0.3, 0.4) is 0 Å². The maximum atomic E-state index is 14.3. The van der Waals surface area contributed by atoms with E-state index in [1.165, 1.54) is 33.1 Å². The first-order valence-corrected chi connectivity index (χ1v) is 14.8. The van der Waals surface area contributed by atoms with E-state index < -0.39 is 11.4 Å². The summed E-state index contributed by atoms with van der Waals surface area (Å²) in [5, 5.41) is 2.54. The molecule has 0 saturated carbocycles. The third-order valence-electron chi connectivity index (χ3n) is 7.30. The molecule has 11 nitrogen and oxygen atoms in total. The van der Waals surface area contributed by atoms with Crippen molar-refractivity contribution in [1.82, 2.24) is 10.2 Å². The van der Waals surface area contributed by atoms with E-state index in [9.17, 15) is 9.59 Å². The SMILES string of the molecule is COc1ccc(CCNC(=O)C2CSC(c3ccc(OC)c(OC)c3)N2C(=O)c2cc(OC)c(OC)c(OC)c2)cc1OC. The number of nitrogens with one attached hydrogen (secondary N) is 1. The molecule has 0 aromatic heterocycles. The van der Waals surface area contributed by atoms with Crippen molar-refractivity contribution in [2.75, 3.05) is 62.1 Å². The van der Waals surface area contributed by atoms with Gasteiger partial charge in [-0.3, -0.25) is 9.59 Å². The zero-order valence-corrected chi connectivity index (χ0v) is 26.7. The van der Waals surface area contributed by atoms with Gasteiger partial charge in [0.05, 0.1) is 49.8 Å². The average molecular weight is 627 g/mol. The van der Waals surface area contributed by atoms with Crippen LogP contribution in [-0.4, -0.2) is 84.8 Å². The van der Waals surface area contributed by atoms with Gasteiger partial charge in [-0.15, -0.1) is 11.8 Å². The maximum Gasteiger partial charge on any atom is 0.256 e. The number of nitrogens with zero attached hydrogens (tertiary/aromatic N) is 1. The van der Waals surface area contributed by atoms with Gasteiger partial charge in [0.25, 0.3) is 5.91 Å². The van der Waals surface area contributed by atoms with Crippen LogP contribution in [0, 0.1) is 0 Å². The van der Waals surface area contributed by atoms with Crippen molar-refractivity contribution < 1.29 is 42.7 Å². The Morgan fingerprint density at radius 2 is 1.30 bits per heavy atom.